The highest BCUT2D eigenvalue weighted by molar-refractivity contribution is 5.22. The fourth-order valence-corrected chi connectivity index (χ4v) is 3.17. The number of aliphatic hydroxyl groups excluding tert-OH is 1. The SMILES string of the molecule is CCC(Cc1ccc(C)cc1)NC1CCC(CO)CC1. The number of hydrogen-bond acceptors (Lipinski definition) is 2. The second-order valence-corrected chi connectivity index (χ2v) is 6.36. The molecule has 1 aromatic carbocycles. The predicted octanol–water partition coefficient (Wildman–Crippen LogP) is 3.46. The monoisotopic (exact) mass is 275 g/mol. The van der Waals surface area contributed by atoms with Crippen LogP contribution in [0.2, 0.25) is 0 Å². The standard InChI is InChI=1S/C18H29NO/c1-3-17(12-15-6-4-14(2)5-7-15)19-18-10-8-16(13-20)9-11-18/h4-7,16-20H,3,8-13H2,1-2H3. The van der Waals surface area contributed by atoms with Crippen LogP contribution in [-0.2, 0) is 6.42 Å². The van der Waals surface area contributed by atoms with Crippen LogP contribution in [0.3, 0.4) is 0 Å². The molecular weight excluding hydrogens is 246 g/mol. The number of nitrogens with one attached hydrogen (secondary N) is 1. The Morgan fingerprint density at radius 3 is 2.35 bits per heavy atom. The van der Waals surface area contributed by atoms with Crippen LogP contribution >= 0.6 is 0 Å². The maximum absolute atomic E-state index is 9.20. The molecule has 2 rings (SSSR count). The molecule has 1 aliphatic carbocycles. The lowest BCUT2D eigenvalue weighted by Gasteiger charge is -2.31. The third-order valence-electron chi connectivity index (χ3n) is 4.67. The third-order valence-corrected chi connectivity index (χ3v) is 4.67. The summed E-state index contributed by atoms with van der Waals surface area (Å²) in [6, 6.07) is 10.1. The molecule has 20 heavy (non-hydrogen) atoms. The van der Waals surface area contributed by atoms with E-state index in [1.807, 2.05) is 0 Å². The van der Waals surface area contributed by atoms with E-state index >= 15 is 0 Å². The molecule has 2 nitrogen and oxygen atoms in total. The summed E-state index contributed by atoms with van der Waals surface area (Å²) in [5, 5.41) is 13.0. The summed E-state index contributed by atoms with van der Waals surface area (Å²) in [4.78, 5) is 0. The lowest BCUT2D eigenvalue weighted by atomic mass is 9.86. The number of rotatable bonds is 6. The number of benzene rings is 1. The Labute approximate surface area is 123 Å². The molecule has 1 atom stereocenters. The van der Waals surface area contributed by atoms with Crippen molar-refractivity contribution >= 4 is 0 Å². The van der Waals surface area contributed by atoms with Gasteiger partial charge in [-0.25, -0.2) is 0 Å². The molecule has 0 spiro atoms. The topological polar surface area (TPSA) is 32.3 Å². The zero-order valence-electron chi connectivity index (χ0n) is 12.9. The molecule has 0 aliphatic heterocycles. The van der Waals surface area contributed by atoms with Gasteiger partial charge < -0.3 is 10.4 Å². The Balaban J connectivity index is 1.82. The van der Waals surface area contributed by atoms with Crippen molar-refractivity contribution in [2.45, 2.75) is 64.5 Å². The van der Waals surface area contributed by atoms with E-state index in [0.29, 0.717) is 24.6 Å². The van der Waals surface area contributed by atoms with E-state index in [4.69, 9.17) is 0 Å². The molecule has 0 amide bonds. The molecule has 2 heteroatoms. The van der Waals surface area contributed by atoms with Gasteiger partial charge in [0.05, 0.1) is 0 Å². The molecule has 0 aromatic heterocycles. The normalized spacial score (nSPS) is 24.6. The van der Waals surface area contributed by atoms with E-state index in [1.54, 1.807) is 0 Å². The summed E-state index contributed by atoms with van der Waals surface area (Å²) in [5.41, 5.74) is 2.76. The first-order chi connectivity index (χ1) is 9.71. The van der Waals surface area contributed by atoms with Gasteiger partial charge in [-0.15, -0.1) is 0 Å². The zero-order valence-corrected chi connectivity index (χ0v) is 12.9. The van der Waals surface area contributed by atoms with E-state index in [9.17, 15) is 5.11 Å². The largest absolute Gasteiger partial charge is 0.396 e. The Kier molecular flexibility index (Phi) is 6.06. The van der Waals surface area contributed by atoms with Gasteiger partial charge in [0.15, 0.2) is 0 Å². The number of hydrogen-bond donors (Lipinski definition) is 2. The highest BCUT2D eigenvalue weighted by Crippen LogP contribution is 2.24. The Hall–Kier alpha value is -0.860. The van der Waals surface area contributed by atoms with E-state index in [-0.39, 0.29) is 0 Å². The minimum absolute atomic E-state index is 0.368. The minimum atomic E-state index is 0.368. The summed E-state index contributed by atoms with van der Waals surface area (Å²) >= 11 is 0. The number of aryl methyl sites for hydroxylation is 1. The first-order valence-electron chi connectivity index (χ1n) is 8.13. The van der Waals surface area contributed by atoms with Crippen molar-refractivity contribution in [3.05, 3.63) is 35.4 Å². The summed E-state index contributed by atoms with van der Waals surface area (Å²) in [7, 11) is 0. The van der Waals surface area contributed by atoms with Crippen LogP contribution in [-0.4, -0.2) is 23.8 Å². The highest BCUT2D eigenvalue weighted by atomic mass is 16.3. The Morgan fingerprint density at radius 2 is 1.80 bits per heavy atom. The van der Waals surface area contributed by atoms with Gasteiger partial charge in [-0.1, -0.05) is 36.8 Å². The Morgan fingerprint density at radius 1 is 1.15 bits per heavy atom. The summed E-state index contributed by atoms with van der Waals surface area (Å²) in [6.07, 6.45) is 7.08. The van der Waals surface area contributed by atoms with E-state index in [0.717, 1.165) is 6.42 Å². The van der Waals surface area contributed by atoms with Gasteiger partial charge >= 0.3 is 0 Å². The lowest BCUT2D eigenvalue weighted by Crippen LogP contribution is -2.41. The molecular formula is C18H29NO. The average molecular weight is 275 g/mol. The molecule has 1 saturated carbocycles. The summed E-state index contributed by atoms with van der Waals surface area (Å²) in [5.74, 6) is 0.547. The molecule has 1 aliphatic rings. The van der Waals surface area contributed by atoms with Gasteiger partial charge in [-0.2, -0.15) is 0 Å². The molecule has 0 bridgehead atoms. The molecule has 0 radical (unpaired) electrons. The van der Waals surface area contributed by atoms with Crippen LogP contribution in [0.25, 0.3) is 0 Å². The first kappa shape index (κ1) is 15.5. The molecule has 0 heterocycles. The van der Waals surface area contributed by atoms with Crippen LogP contribution in [0, 0.1) is 12.8 Å². The maximum atomic E-state index is 9.20. The molecule has 1 fully saturated rings. The zero-order chi connectivity index (χ0) is 14.4. The first-order valence-corrected chi connectivity index (χ1v) is 8.13. The van der Waals surface area contributed by atoms with Gasteiger partial charge in [0.25, 0.3) is 0 Å². The quantitative estimate of drug-likeness (QED) is 0.833. The van der Waals surface area contributed by atoms with Crippen molar-refractivity contribution < 1.29 is 5.11 Å². The van der Waals surface area contributed by atoms with Crippen LogP contribution in [0.15, 0.2) is 24.3 Å². The predicted molar refractivity (Wildman–Crippen MR) is 84.9 cm³/mol. The van der Waals surface area contributed by atoms with Gasteiger partial charge in [0.1, 0.15) is 0 Å². The molecule has 2 N–H and O–H groups in total. The van der Waals surface area contributed by atoms with E-state index in [2.05, 4.69) is 43.4 Å². The maximum Gasteiger partial charge on any atom is 0.0459 e. The lowest BCUT2D eigenvalue weighted by molar-refractivity contribution is 0.171. The van der Waals surface area contributed by atoms with Crippen molar-refractivity contribution in [2.75, 3.05) is 6.61 Å². The smallest absolute Gasteiger partial charge is 0.0459 e. The number of aliphatic hydroxyl groups is 1. The minimum Gasteiger partial charge on any atom is -0.396 e. The van der Waals surface area contributed by atoms with E-state index < -0.39 is 0 Å². The van der Waals surface area contributed by atoms with Crippen molar-refractivity contribution in [1.29, 1.82) is 0 Å². The van der Waals surface area contributed by atoms with Gasteiger partial charge in [-0.3, -0.25) is 0 Å². The van der Waals surface area contributed by atoms with Crippen LogP contribution < -0.4 is 5.32 Å². The fourth-order valence-electron chi connectivity index (χ4n) is 3.17. The van der Waals surface area contributed by atoms with Gasteiger partial charge in [0, 0.05) is 18.7 Å². The van der Waals surface area contributed by atoms with Crippen LogP contribution in [0.4, 0.5) is 0 Å². The Bertz CT molecular complexity index is 379. The summed E-state index contributed by atoms with van der Waals surface area (Å²) < 4.78 is 0. The van der Waals surface area contributed by atoms with Gasteiger partial charge in [0.2, 0.25) is 0 Å². The van der Waals surface area contributed by atoms with Crippen molar-refractivity contribution in [1.82, 2.24) is 5.32 Å². The van der Waals surface area contributed by atoms with Gasteiger partial charge in [-0.05, 0) is 56.9 Å². The van der Waals surface area contributed by atoms with Crippen molar-refractivity contribution in [3.63, 3.8) is 0 Å². The van der Waals surface area contributed by atoms with Crippen LogP contribution in [0.5, 0.6) is 0 Å². The highest BCUT2D eigenvalue weighted by Gasteiger charge is 2.22. The average Bonchev–Trinajstić information content (AvgIpc) is 2.49. The molecule has 1 aromatic rings. The fraction of sp³-hybridized carbons (Fsp3) is 0.667. The molecule has 0 saturated heterocycles. The molecule has 1 unspecified atom stereocenters. The summed E-state index contributed by atoms with van der Waals surface area (Å²) in [6.45, 7) is 4.78. The van der Waals surface area contributed by atoms with Crippen molar-refractivity contribution in [3.8, 4) is 0 Å². The second-order valence-electron chi connectivity index (χ2n) is 6.36. The third kappa shape index (κ3) is 4.60. The molecule has 112 valence electrons. The van der Waals surface area contributed by atoms with Crippen molar-refractivity contribution in [2.24, 2.45) is 5.92 Å². The van der Waals surface area contributed by atoms with Crippen LogP contribution in [0.1, 0.15) is 50.2 Å². The second kappa shape index (κ2) is 7.80. The van der Waals surface area contributed by atoms with E-state index in [1.165, 1.54) is 43.2 Å².